The van der Waals surface area contributed by atoms with Gasteiger partial charge in [0.15, 0.2) is 0 Å². The molecule has 2 aromatic carbocycles. The molecule has 6 heteroatoms. The number of carboxylic acids is 1. The molecule has 1 heterocycles. The van der Waals surface area contributed by atoms with E-state index >= 15 is 0 Å². The molecule has 24 heavy (non-hydrogen) atoms. The molecule has 0 aromatic heterocycles. The highest BCUT2D eigenvalue weighted by Crippen LogP contribution is 2.39. The van der Waals surface area contributed by atoms with Crippen molar-refractivity contribution >= 4 is 29.2 Å². The van der Waals surface area contributed by atoms with E-state index in [9.17, 15) is 9.59 Å². The number of ether oxygens (including phenoxy) is 1. The predicted octanol–water partition coefficient (Wildman–Crippen LogP) is 3.45. The molecule has 3 rings (SSSR count). The number of carboxylic acid groups (broad SMARTS) is 1. The van der Waals surface area contributed by atoms with Gasteiger partial charge in [-0.2, -0.15) is 0 Å². The standard InChI is InChI=1S/C18H14ClNO4/c19-13-6-7-14-15(10-13)24-16(12-4-2-1-3-5-12)11-20(14)17(21)8-9-18(22)23/h1-10,16H,11H2,(H,22,23). The first-order valence-electron chi connectivity index (χ1n) is 7.28. The van der Waals surface area contributed by atoms with Crippen LogP contribution < -0.4 is 9.64 Å². The molecule has 0 bridgehead atoms. The second-order valence-corrected chi connectivity index (χ2v) is 5.69. The first-order valence-corrected chi connectivity index (χ1v) is 7.66. The molecule has 1 atom stereocenters. The fourth-order valence-electron chi connectivity index (χ4n) is 2.54. The van der Waals surface area contributed by atoms with Crippen LogP contribution in [0, 0.1) is 0 Å². The third-order valence-corrected chi connectivity index (χ3v) is 3.87. The van der Waals surface area contributed by atoms with E-state index in [0.717, 1.165) is 17.7 Å². The zero-order valence-electron chi connectivity index (χ0n) is 12.6. The van der Waals surface area contributed by atoms with Crippen molar-refractivity contribution in [2.24, 2.45) is 0 Å². The zero-order valence-corrected chi connectivity index (χ0v) is 13.3. The van der Waals surface area contributed by atoms with Crippen LogP contribution >= 0.6 is 11.6 Å². The summed E-state index contributed by atoms with van der Waals surface area (Å²) < 4.78 is 5.99. The second kappa shape index (κ2) is 6.76. The average Bonchev–Trinajstić information content (AvgIpc) is 2.59. The first kappa shape index (κ1) is 16.1. The van der Waals surface area contributed by atoms with E-state index in [4.69, 9.17) is 21.4 Å². The third-order valence-electron chi connectivity index (χ3n) is 3.64. The van der Waals surface area contributed by atoms with Crippen molar-refractivity contribution in [3.63, 3.8) is 0 Å². The van der Waals surface area contributed by atoms with Crippen LogP contribution in [0.2, 0.25) is 5.02 Å². The molecule has 0 radical (unpaired) electrons. The highest BCUT2D eigenvalue weighted by Gasteiger charge is 2.30. The van der Waals surface area contributed by atoms with Crippen LogP contribution in [0.1, 0.15) is 11.7 Å². The molecule has 122 valence electrons. The molecule has 0 spiro atoms. The maximum atomic E-state index is 12.4. The van der Waals surface area contributed by atoms with E-state index in [2.05, 4.69) is 0 Å². The lowest BCUT2D eigenvalue weighted by Crippen LogP contribution is -2.39. The lowest BCUT2D eigenvalue weighted by atomic mass is 10.1. The van der Waals surface area contributed by atoms with E-state index in [0.29, 0.717) is 16.5 Å². The minimum Gasteiger partial charge on any atom is -0.482 e. The topological polar surface area (TPSA) is 66.8 Å². The molecule has 1 unspecified atom stereocenters. The van der Waals surface area contributed by atoms with Crippen molar-refractivity contribution in [3.8, 4) is 5.75 Å². The Bertz CT molecular complexity index is 804. The molecule has 1 amide bonds. The molecule has 1 aliphatic heterocycles. The number of anilines is 1. The summed E-state index contributed by atoms with van der Waals surface area (Å²) in [6.45, 7) is 0.279. The smallest absolute Gasteiger partial charge is 0.328 e. The maximum absolute atomic E-state index is 12.4. The van der Waals surface area contributed by atoms with Crippen LogP contribution in [-0.4, -0.2) is 23.5 Å². The third kappa shape index (κ3) is 3.41. The highest BCUT2D eigenvalue weighted by molar-refractivity contribution is 6.30. The van der Waals surface area contributed by atoms with Crippen molar-refractivity contribution in [3.05, 3.63) is 71.3 Å². The summed E-state index contributed by atoms with van der Waals surface area (Å²) in [4.78, 5) is 24.6. The Balaban J connectivity index is 1.98. The van der Waals surface area contributed by atoms with E-state index in [-0.39, 0.29) is 12.6 Å². The summed E-state index contributed by atoms with van der Waals surface area (Å²) in [5.74, 6) is -1.11. The molecule has 1 aliphatic rings. The van der Waals surface area contributed by atoms with Gasteiger partial charge in [-0.1, -0.05) is 41.9 Å². The number of amides is 1. The van der Waals surface area contributed by atoms with Gasteiger partial charge in [-0.05, 0) is 17.7 Å². The summed E-state index contributed by atoms with van der Waals surface area (Å²) in [7, 11) is 0. The van der Waals surface area contributed by atoms with Crippen molar-refractivity contribution in [1.29, 1.82) is 0 Å². The van der Waals surface area contributed by atoms with E-state index in [1.54, 1.807) is 18.2 Å². The summed E-state index contributed by atoms with van der Waals surface area (Å²) in [6, 6.07) is 14.5. The van der Waals surface area contributed by atoms with Gasteiger partial charge < -0.3 is 14.7 Å². The average molecular weight is 344 g/mol. The number of carbonyl (C=O) groups is 2. The number of rotatable bonds is 3. The van der Waals surface area contributed by atoms with Crippen LogP contribution in [0.25, 0.3) is 0 Å². The van der Waals surface area contributed by atoms with Gasteiger partial charge in [0.2, 0.25) is 0 Å². The fourth-order valence-corrected chi connectivity index (χ4v) is 2.70. The Morgan fingerprint density at radius 3 is 2.62 bits per heavy atom. The van der Waals surface area contributed by atoms with Crippen molar-refractivity contribution in [2.45, 2.75) is 6.10 Å². The van der Waals surface area contributed by atoms with Crippen molar-refractivity contribution < 1.29 is 19.4 Å². The quantitative estimate of drug-likeness (QED) is 0.867. The molecule has 5 nitrogen and oxygen atoms in total. The first-order chi connectivity index (χ1) is 11.5. The molecule has 0 aliphatic carbocycles. The number of fused-ring (bicyclic) bond motifs is 1. The molecule has 0 saturated carbocycles. The Morgan fingerprint density at radius 2 is 1.92 bits per heavy atom. The predicted molar refractivity (Wildman–Crippen MR) is 90.4 cm³/mol. The van der Waals surface area contributed by atoms with Gasteiger partial charge in [0.1, 0.15) is 11.9 Å². The van der Waals surface area contributed by atoms with Gasteiger partial charge in [0.05, 0.1) is 12.2 Å². The number of halogens is 1. The number of carbonyl (C=O) groups excluding carboxylic acids is 1. The van der Waals surface area contributed by atoms with E-state index in [1.807, 2.05) is 30.3 Å². The largest absolute Gasteiger partial charge is 0.482 e. The zero-order chi connectivity index (χ0) is 17.1. The molecular formula is C18H14ClNO4. The molecule has 0 saturated heterocycles. The summed E-state index contributed by atoms with van der Waals surface area (Å²) in [5.41, 5.74) is 1.48. The van der Waals surface area contributed by atoms with Gasteiger partial charge in [0, 0.05) is 23.2 Å². The van der Waals surface area contributed by atoms with E-state index in [1.165, 1.54) is 4.90 Å². The van der Waals surface area contributed by atoms with Crippen LogP contribution in [0.5, 0.6) is 5.75 Å². The van der Waals surface area contributed by atoms with Crippen molar-refractivity contribution in [2.75, 3.05) is 11.4 Å². The van der Waals surface area contributed by atoms with Crippen LogP contribution in [-0.2, 0) is 9.59 Å². The number of nitrogens with zero attached hydrogens (tertiary/aromatic N) is 1. The van der Waals surface area contributed by atoms with Gasteiger partial charge in [-0.25, -0.2) is 4.79 Å². The minimum atomic E-state index is -1.17. The van der Waals surface area contributed by atoms with Gasteiger partial charge in [0.25, 0.3) is 5.91 Å². The number of hydrogen-bond acceptors (Lipinski definition) is 3. The molecular weight excluding hydrogens is 330 g/mol. The Labute approximate surface area is 143 Å². The molecule has 1 N–H and O–H groups in total. The highest BCUT2D eigenvalue weighted by atomic mass is 35.5. The van der Waals surface area contributed by atoms with Crippen LogP contribution in [0.3, 0.4) is 0 Å². The van der Waals surface area contributed by atoms with E-state index < -0.39 is 11.9 Å². The summed E-state index contributed by atoms with van der Waals surface area (Å²) >= 11 is 6.03. The lowest BCUT2D eigenvalue weighted by Gasteiger charge is -2.34. The summed E-state index contributed by atoms with van der Waals surface area (Å²) in [6.07, 6.45) is 1.50. The van der Waals surface area contributed by atoms with Gasteiger partial charge in [-0.3, -0.25) is 4.79 Å². The Hall–Kier alpha value is -2.79. The summed E-state index contributed by atoms with van der Waals surface area (Å²) in [5, 5.41) is 9.22. The normalized spacial score (nSPS) is 16.5. The Morgan fingerprint density at radius 1 is 1.17 bits per heavy atom. The fraction of sp³-hybridized carbons (Fsp3) is 0.111. The number of benzene rings is 2. The van der Waals surface area contributed by atoms with Gasteiger partial charge >= 0.3 is 5.97 Å². The maximum Gasteiger partial charge on any atom is 0.328 e. The van der Waals surface area contributed by atoms with Crippen molar-refractivity contribution in [1.82, 2.24) is 0 Å². The SMILES string of the molecule is O=C(O)C=CC(=O)N1CC(c2ccccc2)Oc2cc(Cl)ccc21. The Kier molecular flexibility index (Phi) is 4.53. The number of hydrogen-bond donors (Lipinski definition) is 1. The monoisotopic (exact) mass is 343 g/mol. The second-order valence-electron chi connectivity index (χ2n) is 5.25. The number of aliphatic carboxylic acids is 1. The molecule has 2 aromatic rings. The lowest BCUT2D eigenvalue weighted by molar-refractivity contribution is -0.131. The van der Waals surface area contributed by atoms with Gasteiger partial charge in [-0.15, -0.1) is 0 Å². The molecule has 0 fully saturated rings. The van der Waals surface area contributed by atoms with Crippen LogP contribution in [0.4, 0.5) is 5.69 Å². The van der Waals surface area contributed by atoms with Crippen LogP contribution in [0.15, 0.2) is 60.7 Å². The minimum absolute atomic E-state index is 0.279.